The standard InChI is InChI=1S/C20H28N4O2/c1-15(2)11-13-26-17-9-7-16(8-10-17)20(25)21-14-19-23-22-18-6-4-3-5-12-24(18)19/h7-10,15H,3-6,11-14H2,1-2H3,(H,21,25). The van der Waals surface area contributed by atoms with Crippen LogP contribution in [0, 0.1) is 5.92 Å². The number of carbonyl (C=O) groups is 1. The van der Waals surface area contributed by atoms with E-state index in [0.717, 1.165) is 49.6 Å². The number of aryl methyl sites for hydroxylation is 1. The Labute approximate surface area is 155 Å². The highest BCUT2D eigenvalue weighted by molar-refractivity contribution is 5.94. The molecule has 0 atom stereocenters. The number of carbonyl (C=O) groups excluding carboxylic acids is 1. The van der Waals surface area contributed by atoms with E-state index in [4.69, 9.17) is 4.74 Å². The van der Waals surface area contributed by atoms with Crippen molar-refractivity contribution in [1.29, 1.82) is 0 Å². The van der Waals surface area contributed by atoms with Crippen LogP contribution in [-0.2, 0) is 19.5 Å². The minimum absolute atomic E-state index is 0.107. The third-order valence-electron chi connectivity index (χ3n) is 4.67. The van der Waals surface area contributed by atoms with Gasteiger partial charge in [0.15, 0.2) is 5.82 Å². The average molecular weight is 356 g/mol. The van der Waals surface area contributed by atoms with E-state index in [2.05, 4.69) is 33.9 Å². The van der Waals surface area contributed by atoms with Gasteiger partial charge in [-0.1, -0.05) is 20.3 Å². The molecule has 1 N–H and O–H groups in total. The molecule has 0 aliphatic carbocycles. The summed E-state index contributed by atoms with van der Waals surface area (Å²) in [6.07, 6.45) is 5.52. The lowest BCUT2D eigenvalue weighted by Gasteiger charge is -2.10. The highest BCUT2D eigenvalue weighted by Crippen LogP contribution is 2.15. The zero-order chi connectivity index (χ0) is 18.4. The Balaban J connectivity index is 1.53. The smallest absolute Gasteiger partial charge is 0.251 e. The number of nitrogens with one attached hydrogen (secondary N) is 1. The number of ether oxygens (including phenoxy) is 1. The van der Waals surface area contributed by atoms with Crippen molar-refractivity contribution >= 4 is 5.91 Å². The molecule has 3 rings (SSSR count). The van der Waals surface area contributed by atoms with Crippen LogP contribution in [-0.4, -0.2) is 27.3 Å². The molecule has 1 aromatic carbocycles. The molecule has 6 nitrogen and oxygen atoms in total. The normalized spacial score (nSPS) is 14.0. The molecule has 1 amide bonds. The molecule has 140 valence electrons. The molecule has 2 heterocycles. The summed E-state index contributed by atoms with van der Waals surface area (Å²) in [4.78, 5) is 12.4. The highest BCUT2D eigenvalue weighted by Gasteiger charge is 2.15. The topological polar surface area (TPSA) is 69.0 Å². The molecule has 26 heavy (non-hydrogen) atoms. The fraction of sp³-hybridized carbons (Fsp3) is 0.550. The van der Waals surface area contributed by atoms with E-state index >= 15 is 0 Å². The highest BCUT2D eigenvalue weighted by atomic mass is 16.5. The van der Waals surface area contributed by atoms with Crippen molar-refractivity contribution in [2.24, 2.45) is 5.92 Å². The summed E-state index contributed by atoms with van der Waals surface area (Å²) in [6, 6.07) is 7.28. The number of amides is 1. The van der Waals surface area contributed by atoms with Crippen LogP contribution in [0.2, 0.25) is 0 Å². The molecule has 0 radical (unpaired) electrons. The number of benzene rings is 1. The summed E-state index contributed by atoms with van der Waals surface area (Å²) in [5.74, 6) is 3.18. The van der Waals surface area contributed by atoms with Gasteiger partial charge in [0.1, 0.15) is 11.6 Å². The van der Waals surface area contributed by atoms with Gasteiger partial charge in [0.25, 0.3) is 5.91 Å². The van der Waals surface area contributed by atoms with Gasteiger partial charge in [-0.2, -0.15) is 0 Å². The third kappa shape index (κ3) is 4.84. The largest absolute Gasteiger partial charge is 0.494 e. The number of hydrogen-bond donors (Lipinski definition) is 1. The Bertz CT molecular complexity index is 722. The first-order valence-corrected chi connectivity index (χ1v) is 9.55. The van der Waals surface area contributed by atoms with E-state index in [9.17, 15) is 4.79 Å². The first-order chi connectivity index (χ1) is 12.6. The number of rotatable bonds is 7. The first kappa shape index (κ1) is 18.4. The van der Waals surface area contributed by atoms with Gasteiger partial charge < -0.3 is 14.6 Å². The average Bonchev–Trinajstić information content (AvgIpc) is 2.86. The van der Waals surface area contributed by atoms with Crippen molar-refractivity contribution in [3.05, 3.63) is 41.5 Å². The van der Waals surface area contributed by atoms with Gasteiger partial charge in [-0.15, -0.1) is 10.2 Å². The number of nitrogens with zero attached hydrogens (tertiary/aromatic N) is 3. The molecule has 6 heteroatoms. The third-order valence-corrected chi connectivity index (χ3v) is 4.67. The summed E-state index contributed by atoms with van der Waals surface area (Å²) in [6.45, 7) is 6.38. The lowest BCUT2D eigenvalue weighted by Crippen LogP contribution is -2.25. The van der Waals surface area contributed by atoms with Crippen molar-refractivity contribution in [2.75, 3.05) is 6.61 Å². The van der Waals surface area contributed by atoms with Crippen LogP contribution in [0.4, 0.5) is 0 Å². The van der Waals surface area contributed by atoms with Gasteiger partial charge in [0.05, 0.1) is 13.2 Å². The molecule has 0 saturated carbocycles. The quantitative estimate of drug-likeness (QED) is 0.826. The Morgan fingerprint density at radius 2 is 2.00 bits per heavy atom. The molecule has 0 fully saturated rings. The molecule has 1 aromatic heterocycles. The van der Waals surface area contributed by atoms with E-state index in [1.54, 1.807) is 12.1 Å². The van der Waals surface area contributed by atoms with Crippen molar-refractivity contribution in [1.82, 2.24) is 20.1 Å². The molecule has 0 unspecified atom stereocenters. The maximum atomic E-state index is 12.4. The maximum absolute atomic E-state index is 12.4. The number of aromatic nitrogens is 3. The maximum Gasteiger partial charge on any atom is 0.251 e. The summed E-state index contributed by atoms with van der Waals surface area (Å²) in [5.41, 5.74) is 0.622. The second-order valence-electron chi connectivity index (χ2n) is 7.23. The van der Waals surface area contributed by atoms with Crippen LogP contribution in [0.15, 0.2) is 24.3 Å². The first-order valence-electron chi connectivity index (χ1n) is 9.55. The summed E-state index contributed by atoms with van der Waals surface area (Å²) < 4.78 is 7.84. The van der Waals surface area contributed by atoms with Crippen molar-refractivity contribution < 1.29 is 9.53 Å². The van der Waals surface area contributed by atoms with Gasteiger partial charge in [-0.25, -0.2) is 0 Å². The van der Waals surface area contributed by atoms with Gasteiger partial charge in [-0.3, -0.25) is 4.79 Å². The van der Waals surface area contributed by atoms with Crippen LogP contribution >= 0.6 is 0 Å². The van der Waals surface area contributed by atoms with E-state index in [1.807, 2.05) is 12.1 Å². The Morgan fingerprint density at radius 3 is 2.77 bits per heavy atom. The molecule has 0 spiro atoms. The van der Waals surface area contributed by atoms with E-state index < -0.39 is 0 Å². The molecule has 0 bridgehead atoms. The lowest BCUT2D eigenvalue weighted by molar-refractivity contribution is 0.0949. The summed E-state index contributed by atoms with van der Waals surface area (Å²) in [5, 5.41) is 11.5. The summed E-state index contributed by atoms with van der Waals surface area (Å²) >= 11 is 0. The van der Waals surface area contributed by atoms with E-state index in [0.29, 0.717) is 24.6 Å². The van der Waals surface area contributed by atoms with Gasteiger partial charge in [-0.05, 0) is 49.4 Å². The molecule has 0 saturated heterocycles. The molecule has 1 aliphatic rings. The SMILES string of the molecule is CC(C)CCOc1ccc(C(=O)NCc2nnc3n2CCCCC3)cc1. The van der Waals surface area contributed by atoms with Crippen molar-refractivity contribution in [2.45, 2.75) is 59.0 Å². The second kappa shape index (κ2) is 8.83. The second-order valence-corrected chi connectivity index (χ2v) is 7.23. The Hall–Kier alpha value is -2.37. The number of fused-ring (bicyclic) bond motifs is 1. The lowest BCUT2D eigenvalue weighted by atomic mass is 10.1. The van der Waals surface area contributed by atoms with Crippen LogP contribution in [0.3, 0.4) is 0 Å². The fourth-order valence-electron chi connectivity index (χ4n) is 3.05. The zero-order valence-electron chi connectivity index (χ0n) is 15.7. The monoisotopic (exact) mass is 356 g/mol. The fourth-order valence-corrected chi connectivity index (χ4v) is 3.05. The van der Waals surface area contributed by atoms with Crippen LogP contribution < -0.4 is 10.1 Å². The minimum Gasteiger partial charge on any atom is -0.494 e. The van der Waals surface area contributed by atoms with Gasteiger partial charge in [0, 0.05) is 18.5 Å². The van der Waals surface area contributed by atoms with Crippen LogP contribution in [0.5, 0.6) is 5.75 Å². The molecule has 2 aromatic rings. The minimum atomic E-state index is -0.107. The van der Waals surface area contributed by atoms with E-state index in [1.165, 1.54) is 6.42 Å². The Morgan fingerprint density at radius 1 is 1.19 bits per heavy atom. The van der Waals surface area contributed by atoms with Gasteiger partial charge >= 0.3 is 0 Å². The van der Waals surface area contributed by atoms with E-state index in [-0.39, 0.29) is 5.91 Å². The van der Waals surface area contributed by atoms with Crippen LogP contribution in [0.1, 0.15) is 61.5 Å². The predicted octanol–water partition coefficient (Wildman–Crippen LogP) is 3.36. The van der Waals surface area contributed by atoms with Crippen molar-refractivity contribution in [3.8, 4) is 5.75 Å². The predicted molar refractivity (Wildman–Crippen MR) is 100 cm³/mol. The Kier molecular flexibility index (Phi) is 6.26. The zero-order valence-corrected chi connectivity index (χ0v) is 15.7. The van der Waals surface area contributed by atoms with Crippen LogP contribution in [0.25, 0.3) is 0 Å². The number of hydrogen-bond acceptors (Lipinski definition) is 4. The molecule has 1 aliphatic heterocycles. The summed E-state index contributed by atoms with van der Waals surface area (Å²) in [7, 11) is 0. The molecular formula is C20H28N4O2. The van der Waals surface area contributed by atoms with Crippen molar-refractivity contribution in [3.63, 3.8) is 0 Å². The molecular weight excluding hydrogens is 328 g/mol. The van der Waals surface area contributed by atoms with Gasteiger partial charge in [0.2, 0.25) is 0 Å².